The fraction of sp³-hybridized carbons (Fsp3) is 0.222. The van der Waals surface area contributed by atoms with Crippen molar-refractivity contribution in [1.82, 2.24) is 0 Å². The third kappa shape index (κ3) is 3.36. The van der Waals surface area contributed by atoms with E-state index in [9.17, 15) is 13.2 Å². The highest BCUT2D eigenvalue weighted by atomic mass is 19.4. The number of ether oxygens (including phenoxy) is 1. The summed E-state index contributed by atoms with van der Waals surface area (Å²) in [4.78, 5) is 0. The first kappa shape index (κ1) is 9.89. The van der Waals surface area contributed by atoms with Crippen molar-refractivity contribution in [1.29, 1.82) is 0 Å². The highest BCUT2D eigenvalue weighted by Crippen LogP contribution is 2.24. The standard InChI is InChI=1S/C9H8F3O/c1-6-3-7(2)5-8(4-6)13-9(10,11)12/h3-5H,1H2,2H3. The van der Waals surface area contributed by atoms with E-state index >= 15 is 0 Å². The zero-order chi connectivity index (χ0) is 10.1. The summed E-state index contributed by atoms with van der Waals surface area (Å²) >= 11 is 0. The molecule has 0 aliphatic heterocycles. The highest BCUT2D eigenvalue weighted by Gasteiger charge is 2.31. The van der Waals surface area contributed by atoms with Crippen LogP contribution in [0.3, 0.4) is 0 Å². The molecule has 0 aliphatic carbocycles. The maximum Gasteiger partial charge on any atom is 0.573 e. The van der Waals surface area contributed by atoms with E-state index < -0.39 is 6.36 Å². The average molecular weight is 189 g/mol. The summed E-state index contributed by atoms with van der Waals surface area (Å²) in [7, 11) is 0. The Bertz CT molecular complexity index is 284. The first-order chi connectivity index (χ1) is 5.87. The predicted octanol–water partition coefficient (Wildman–Crippen LogP) is 3.08. The van der Waals surface area contributed by atoms with Crippen molar-refractivity contribution < 1.29 is 17.9 Å². The van der Waals surface area contributed by atoms with Crippen LogP contribution in [0.2, 0.25) is 0 Å². The zero-order valence-corrected chi connectivity index (χ0v) is 6.98. The molecule has 0 aliphatic rings. The van der Waals surface area contributed by atoms with Crippen LogP contribution in [0.4, 0.5) is 13.2 Å². The van der Waals surface area contributed by atoms with Crippen LogP contribution in [0.1, 0.15) is 11.1 Å². The molecule has 0 N–H and O–H groups in total. The number of rotatable bonds is 1. The number of alkyl halides is 3. The normalized spacial score (nSPS) is 11.5. The van der Waals surface area contributed by atoms with Crippen molar-refractivity contribution in [3.63, 3.8) is 0 Å². The highest BCUT2D eigenvalue weighted by molar-refractivity contribution is 5.35. The van der Waals surface area contributed by atoms with Crippen LogP contribution >= 0.6 is 0 Å². The Balaban J connectivity index is 2.90. The Labute approximate surface area is 74.1 Å². The van der Waals surface area contributed by atoms with Gasteiger partial charge in [-0.15, -0.1) is 13.2 Å². The van der Waals surface area contributed by atoms with E-state index in [1.54, 1.807) is 13.0 Å². The second kappa shape index (κ2) is 3.28. The summed E-state index contributed by atoms with van der Waals surface area (Å²) in [6, 6.07) is 4.21. The Kier molecular flexibility index (Phi) is 2.50. The van der Waals surface area contributed by atoms with Crippen LogP contribution in [-0.2, 0) is 0 Å². The van der Waals surface area contributed by atoms with Crippen LogP contribution in [-0.4, -0.2) is 6.36 Å². The van der Waals surface area contributed by atoms with Crippen LogP contribution in [0.15, 0.2) is 18.2 Å². The monoisotopic (exact) mass is 189 g/mol. The molecule has 0 spiro atoms. The van der Waals surface area contributed by atoms with Crippen molar-refractivity contribution in [3.05, 3.63) is 36.2 Å². The minimum Gasteiger partial charge on any atom is -0.406 e. The van der Waals surface area contributed by atoms with Crippen molar-refractivity contribution in [2.75, 3.05) is 0 Å². The predicted molar refractivity (Wildman–Crippen MR) is 42.3 cm³/mol. The molecule has 1 radical (unpaired) electrons. The van der Waals surface area contributed by atoms with Crippen molar-refractivity contribution in [2.24, 2.45) is 0 Å². The number of benzene rings is 1. The summed E-state index contributed by atoms with van der Waals surface area (Å²) in [5.74, 6) is -0.225. The van der Waals surface area contributed by atoms with E-state index in [4.69, 9.17) is 0 Å². The van der Waals surface area contributed by atoms with Crippen molar-refractivity contribution in [3.8, 4) is 5.75 Å². The molecular weight excluding hydrogens is 181 g/mol. The van der Waals surface area contributed by atoms with Gasteiger partial charge in [0.1, 0.15) is 5.75 Å². The van der Waals surface area contributed by atoms with E-state index in [0.29, 0.717) is 11.1 Å². The van der Waals surface area contributed by atoms with Gasteiger partial charge in [0.15, 0.2) is 0 Å². The summed E-state index contributed by atoms with van der Waals surface area (Å²) in [6.45, 7) is 5.20. The molecule has 0 saturated heterocycles. The molecule has 0 saturated carbocycles. The molecule has 13 heavy (non-hydrogen) atoms. The molecule has 0 bridgehead atoms. The Morgan fingerprint density at radius 1 is 1.23 bits per heavy atom. The Morgan fingerprint density at radius 2 is 1.85 bits per heavy atom. The van der Waals surface area contributed by atoms with Gasteiger partial charge in [-0.25, -0.2) is 0 Å². The third-order valence-electron chi connectivity index (χ3n) is 1.34. The van der Waals surface area contributed by atoms with Crippen LogP contribution in [0, 0.1) is 13.8 Å². The number of hydrogen-bond acceptors (Lipinski definition) is 1. The lowest BCUT2D eigenvalue weighted by Gasteiger charge is -2.09. The van der Waals surface area contributed by atoms with Gasteiger partial charge in [0.2, 0.25) is 0 Å². The topological polar surface area (TPSA) is 9.23 Å². The number of hydrogen-bond donors (Lipinski definition) is 0. The van der Waals surface area contributed by atoms with Gasteiger partial charge in [0.25, 0.3) is 0 Å². The van der Waals surface area contributed by atoms with E-state index in [0.717, 1.165) is 0 Å². The molecule has 0 aromatic heterocycles. The molecular formula is C9H8F3O. The zero-order valence-electron chi connectivity index (χ0n) is 6.98. The van der Waals surface area contributed by atoms with Crippen molar-refractivity contribution in [2.45, 2.75) is 13.3 Å². The van der Waals surface area contributed by atoms with E-state index in [2.05, 4.69) is 11.7 Å². The maximum atomic E-state index is 11.8. The smallest absolute Gasteiger partial charge is 0.406 e. The first-order valence-corrected chi connectivity index (χ1v) is 3.56. The lowest BCUT2D eigenvalue weighted by molar-refractivity contribution is -0.274. The van der Waals surface area contributed by atoms with Gasteiger partial charge in [-0.1, -0.05) is 6.07 Å². The van der Waals surface area contributed by atoms with Gasteiger partial charge in [-0.3, -0.25) is 0 Å². The molecule has 0 unspecified atom stereocenters. The second-order valence-corrected chi connectivity index (χ2v) is 2.70. The molecule has 71 valence electrons. The van der Waals surface area contributed by atoms with E-state index in [1.165, 1.54) is 12.1 Å². The molecule has 0 fully saturated rings. The van der Waals surface area contributed by atoms with Gasteiger partial charge in [-0.05, 0) is 37.1 Å². The fourth-order valence-electron chi connectivity index (χ4n) is 1.02. The Hall–Kier alpha value is -1.19. The quantitative estimate of drug-likeness (QED) is 0.659. The summed E-state index contributed by atoms with van der Waals surface area (Å²) < 4.78 is 39.0. The molecule has 0 amide bonds. The Morgan fingerprint density at radius 3 is 2.31 bits per heavy atom. The van der Waals surface area contributed by atoms with Gasteiger partial charge in [-0.2, -0.15) is 0 Å². The van der Waals surface area contributed by atoms with Gasteiger partial charge in [0.05, 0.1) is 0 Å². The molecule has 4 heteroatoms. The van der Waals surface area contributed by atoms with Gasteiger partial charge < -0.3 is 4.74 Å². The molecule has 1 aromatic rings. The van der Waals surface area contributed by atoms with Crippen molar-refractivity contribution >= 4 is 0 Å². The molecule has 1 aromatic carbocycles. The molecule has 0 atom stereocenters. The molecule has 0 heterocycles. The first-order valence-electron chi connectivity index (χ1n) is 3.56. The third-order valence-corrected chi connectivity index (χ3v) is 1.34. The maximum absolute atomic E-state index is 11.8. The summed E-state index contributed by atoms with van der Waals surface area (Å²) in [5.41, 5.74) is 1.19. The summed E-state index contributed by atoms with van der Waals surface area (Å²) in [6.07, 6.45) is -4.64. The largest absolute Gasteiger partial charge is 0.573 e. The lowest BCUT2D eigenvalue weighted by atomic mass is 10.1. The lowest BCUT2D eigenvalue weighted by Crippen LogP contribution is -2.17. The minimum absolute atomic E-state index is 0.225. The summed E-state index contributed by atoms with van der Waals surface area (Å²) in [5, 5.41) is 0. The molecule has 1 rings (SSSR count). The van der Waals surface area contributed by atoms with Gasteiger partial charge >= 0.3 is 6.36 Å². The number of aryl methyl sites for hydroxylation is 1. The van der Waals surface area contributed by atoms with Crippen LogP contribution in [0.25, 0.3) is 0 Å². The van der Waals surface area contributed by atoms with Crippen LogP contribution in [0.5, 0.6) is 5.75 Å². The van der Waals surface area contributed by atoms with E-state index in [1.807, 2.05) is 0 Å². The second-order valence-electron chi connectivity index (χ2n) is 2.70. The SMILES string of the molecule is [CH2]c1cc(C)cc(OC(F)(F)F)c1. The van der Waals surface area contributed by atoms with Gasteiger partial charge in [0, 0.05) is 0 Å². The molecule has 1 nitrogen and oxygen atoms in total. The number of halogens is 3. The fourth-order valence-corrected chi connectivity index (χ4v) is 1.02. The van der Waals surface area contributed by atoms with E-state index in [-0.39, 0.29) is 5.75 Å². The minimum atomic E-state index is -4.64. The van der Waals surface area contributed by atoms with Crippen LogP contribution < -0.4 is 4.74 Å². The average Bonchev–Trinajstić information content (AvgIpc) is 1.78.